The molecular formula is C10H15ClN2S. The van der Waals surface area contributed by atoms with Gasteiger partial charge in [0.25, 0.3) is 0 Å². The number of nitrogens with two attached hydrogens (primary N) is 1. The smallest absolute Gasteiger partial charge is 0.0931 e. The first-order valence-corrected chi connectivity index (χ1v) is 6.09. The molecule has 1 aromatic rings. The minimum absolute atomic E-state index is 0.418. The van der Waals surface area contributed by atoms with Gasteiger partial charge in [-0.15, -0.1) is 11.3 Å². The molecule has 0 spiro atoms. The molecule has 4 heteroatoms. The summed E-state index contributed by atoms with van der Waals surface area (Å²) in [5.74, 6) is 0. The van der Waals surface area contributed by atoms with Crippen LogP contribution >= 0.6 is 22.9 Å². The normalized spacial score (nSPS) is 18.4. The van der Waals surface area contributed by atoms with Crippen LogP contribution < -0.4 is 11.1 Å². The summed E-state index contributed by atoms with van der Waals surface area (Å²) >= 11 is 7.48. The molecule has 14 heavy (non-hydrogen) atoms. The molecule has 0 atom stereocenters. The lowest BCUT2D eigenvalue weighted by atomic mass is 10.1. The van der Waals surface area contributed by atoms with Crippen LogP contribution in [-0.4, -0.2) is 13.1 Å². The van der Waals surface area contributed by atoms with E-state index in [1.54, 1.807) is 11.3 Å². The van der Waals surface area contributed by atoms with Crippen molar-refractivity contribution in [3.05, 3.63) is 21.3 Å². The van der Waals surface area contributed by atoms with Gasteiger partial charge in [-0.1, -0.05) is 11.6 Å². The van der Waals surface area contributed by atoms with Crippen LogP contribution in [0.25, 0.3) is 0 Å². The monoisotopic (exact) mass is 230 g/mol. The molecular weight excluding hydrogens is 216 g/mol. The molecule has 0 unspecified atom stereocenters. The summed E-state index contributed by atoms with van der Waals surface area (Å²) in [7, 11) is 0. The standard InChI is InChI=1S/C10H15ClN2S/c11-9-2-1-8(14-9)5-13-7-10(6-12)3-4-10/h1-2,13H,3-7,12H2. The van der Waals surface area contributed by atoms with Crippen LogP contribution in [0.4, 0.5) is 0 Å². The summed E-state index contributed by atoms with van der Waals surface area (Å²) in [5.41, 5.74) is 6.11. The van der Waals surface area contributed by atoms with Gasteiger partial charge in [-0.3, -0.25) is 0 Å². The van der Waals surface area contributed by atoms with Crippen LogP contribution in [0.3, 0.4) is 0 Å². The van der Waals surface area contributed by atoms with Crippen molar-refractivity contribution in [3.63, 3.8) is 0 Å². The van der Waals surface area contributed by atoms with Crippen LogP contribution in [0.5, 0.6) is 0 Å². The minimum Gasteiger partial charge on any atom is -0.330 e. The molecule has 1 aliphatic carbocycles. The lowest BCUT2D eigenvalue weighted by molar-refractivity contribution is 0.469. The van der Waals surface area contributed by atoms with Crippen molar-refractivity contribution < 1.29 is 0 Å². The van der Waals surface area contributed by atoms with Gasteiger partial charge in [0.05, 0.1) is 4.34 Å². The van der Waals surface area contributed by atoms with E-state index in [4.69, 9.17) is 17.3 Å². The first kappa shape index (κ1) is 10.4. The van der Waals surface area contributed by atoms with E-state index >= 15 is 0 Å². The molecule has 0 bridgehead atoms. The molecule has 1 heterocycles. The molecule has 78 valence electrons. The van der Waals surface area contributed by atoms with Crippen LogP contribution in [-0.2, 0) is 6.54 Å². The van der Waals surface area contributed by atoms with Crippen molar-refractivity contribution in [2.24, 2.45) is 11.1 Å². The summed E-state index contributed by atoms with van der Waals surface area (Å²) < 4.78 is 0.863. The quantitative estimate of drug-likeness (QED) is 0.814. The number of halogens is 1. The van der Waals surface area contributed by atoms with Gasteiger partial charge in [0.2, 0.25) is 0 Å². The van der Waals surface area contributed by atoms with E-state index in [2.05, 4.69) is 11.4 Å². The molecule has 1 aromatic heterocycles. The Morgan fingerprint density at radius 2 is 2.29 bits per heavy atom. The zero-order valence-electron chi connectivity index (χ0n) is 8.05. The second-order valence-corrected chi connectivity index (χ2v) is 5.81. The number of hydrogen-bond acceptors (Lipinski definition) is 3. The maximum atomic E-state index is 5.84. The molecule has 1 aliphatic rings. The molecule has 1 saturated carbocycles. The van der Waals surface area contributed by atoms with Gasteiger partial charge >= 0.3 is 0 Å². The molecule has 2 nitrogen and oxygen atoms in total. The average Bonchev–Trinajstić information content (AvgIpc) is 2.84. The second-order valence-electron chi connectivity index (χ2n) is 4.01. The maximum absolute atomic E-state index is 5.84. The highest BCUT2D eigenvalue weighted by molar-refractivity contribution is 7.16. The highest BCUT2D eigenvalue weighted by Gasteiger charge is 2.40. The Balaban J connectivity index is 1.73. The zero-order chi connectivity index (χ0) is 10.0. The Morgan fingerprint density at radius 1 is 1.50 bits per heavy atom. The third-order valence-electron chi connectivity index (χ3n) is 2.82. The van der Waals surface area contributed by atoms with E-state index in [0.29, 0.717) is 5.41 Å². The van der Waals surface area contributed by atoms with Gasteiger partial charge < -0.3 is 11.1 Å². The molecule has 0 aromatic carbocycles. The third kappa shape index (κ3) is 2.48. The zero-order valence-corrected chi connectivity index (χ0v) is 9.63. The maximum Gasteiger partial charge on any atom is 0.0931 e. The van der Waals surface area contributed by atoms with E-state index in [0.717, 1.165) is 24.0 Å². The van der Waals surface area contributed by atoms with E-state index in [-0.39, 0.29) is 0 Å². The van der Waals surface area contributed by atoms with Gasteiger partial charge in [0.1, 0.15) is 0 Å². The molecule has 0 saturated heterocycles. The van der Waals surface area contributed by atoms with E-state index in [9.17, 15) is 0 Å². The molecule has 0 aliphatic heterocycles. The van der Waals surface area contributed by atoms with Gasteiger partial charge in [0.15, 0.2) is 0 Å². The molecule has 1 fully saturated rings. The third-order valence-corrected chi connectivity index (χ3v) is 4.05. The van der Waals surface area contributed by atoms with Gasteiger partial charge in [-0.05, 0) is 36.9 Å². The summed E-state index contributed by atoms with van der Waals surface area (Å²) in [6.07, 6.45) is 2.56. The number of hydrogen-bond donors (Lipinski definition) is 2. The van der Waals surface area contributed by atoms with E-state index < -0.39 is 0 Å². The van der Waals surface area contributed by atoms with Crippen molar-refractivity contribution in [1.82, 2.24) is 5.32 Å². The van der Waals surface area contributed by atoms with Crippen molar-refractivity contribution in [3.8, 4) is 0 Å². The van der Waals surface area contributed by atoms with Crippen molar-refractivity contribution in [2.45, 2.75) is 19.4 Å². The van der Waals surface area contributed by atoms with Crippen molar-refractivity contribution >= 4 is 22.9 Å². The topological polar surface area (TPSA) is 38.0 Å². The van der Waals surface area contributed by atoms with Gasteiger partial charge in [-0.25, -0.2) is 0 Å². The SMILES string of the molecule is NCC1(CNCc2ccc(Cl)s2)CC1. The summed E-state index contributed by atoms with van der Waals surface area (Å²) in [6, 6.07) is 4.01. The van der Waals surface area contributed by atoms with Crippen LogP contribution in [0, 0.1) is 5.41 Å². The fraction of sp³-hybridized carbons (Fsp3) is 0.600. The Kier molecular flexibility index (Phi) is 3.12. The molecule has 0 radical (unpaired) electrons. The van der Waals surface area contributed by atoms with Crippen molar-refractivity contribution in [2.75, 3.05) is 13.1 Å². The highest BCUT2D eigenvalue weighted by Crippen LogP contribution is 2.43. The molecule has 3 N–H and O–H groups in total. The van der Waals surface area contributed by atoms with Crippen LogP contribution in [0.15, 0.2) is 12.1 Å². The van der Waals surface area contributed by atoms with E-state index in [1.807, 2.05) is 6.07 Å². The Hall–Kier alpha value is -0.0900. The number of nitrogens with one attached hydrogen (secondary N) is 1. The predicted molar refractivity (Wildman–Crippen MR) is 61.8 cm³/mol. The minimum atomic E-state index is 0.418. The van der Waals surface area contributed by atoms with Gasteiger partial charge in [0, 0.05) is 18.0 Å². The van der Waals surface area contributed by atoms with Gasteiger partial charge in [-0.2, -0.15) is 0 Å². The summed E-state index contributed by atoms with van der Waals surface area (Å²) in [6.45, 7) is 2.77. The lowest BCUT2D eigenvalue weighted by Crippen LogP contribution is -2.29. The van der Waals surface area contributed by atoms with Crippen LogP contribution in [0.2, 0.25) is 4.34 Å². The fourth-order valence-corrected chi connectivity index (χ4v) is 2.58. The van der Waals surface area contributed by atoms with E-state index in [1.165, 1.54) is 17.7 Å². The molecule has 0 amide bonds. The predicted octanol–water partition coefficient (Wildman–Crippen LogP) is 2.23. The summed E-state index contributed by atoms with van der Waals surface area (Å²) in [4.78, 5) is 1.29. The second kappa shape index (κ2) is 4.19. The first-order valence-electron chi connectivity index (χ1n) is 4.89. The first-order chi connectivity index (χ1) is 6.74. The Morgan fingerprint density at radius 3 is 2.79 bits per heavy atom. The lowest BCUT2D eigenvalue weighted by Gasteiger charge is -2.12. The fourth-order valence-electron chi connectivity index (χ4n) is 1.53. The number of rotatable bonds is 5. The van der Waals surface area contributed by atoms with Crippen LogP contribution in [0.1, 0.15) is 17.7 Å². The Labute approximate surface area is 93.4 Å². The molecule has 2 rings (SSSR count). The van der Waals surface area contributed by atoms with Crippen molar-refractivity contribution in [1.29, 1.82) is 0 Å². The summed E-state index contributed by atoms with van der Waals surface area (Å²) in [5, 5.41) is 3.44. The highest BCUT2D eigenvalue weighted by atomic mass is 35.5. The average molecular weight is 231 g/mol. The largest absolute Gasteiger partial charge is 0.330 e. The number of thiophene rings is 1. The Bertz CT molecular complexity index is 307.